The first kappa shape index (κ1) is 27.0. The zero-order valence-electron chi connectivity index (χ0n) is 18.4. The second-order valence-corrected chi connectivity index (χ2v) is 10.2. The Labute approximate surface area is 168 Å². The van der Waals surface area contributed by atoms with Gasteiger partial charge in [-0.1, -0.05) is 34.6 Å². The van der Waals surface area contributed by atoms with Crippen molar-refractivity contribution >= 4 is 19.8 Å². The first-order valence-electron chi connectivity index (χ1n) is 9.63. The summed E-state index contributed by atoms with van der Waals surface area (Å²) in [6.07, 6.45) is 0.145. The summed E-state index contributed by atoms with van der Waals surface area (Å²) in [5, 5.41) is 0. The lowest BCUT2D eigenvalue weighted by Crippen LogP contribution is -2.37. The normalized spacial score (nSPS) is 16.8. The van der Waals surface area contributed by atoms with E-state index >= 15 is 0 Å². The van der Waals surface area contributed by atoms with Gasteiger partial charge in [0.15, 0.2) is 6.10 Å². The van der Waals surface area contributed by atoms with E-state index in [1.165, 1.54) is 0 Å². The third-order valence-corrected chi connectivity index (χ3v) is 5.00. The lowest BCUT2D eigenvalue weighted by molar-refractivity contribution is -0.171. The van der Waals surface area contributed by atoms with Crippen LogP contribution in [-0.4, -0.2) is 42.8 Å². The van der Waals surface area contributed by atoms with Crippen LogP contribution in [0.5, 0.6) is 0 Å². The predicted octanol–water partition coefficient (Wildman–Crippen LogP) is 4.10. The van der Waals surface area contributed by atoms with Crippen molar-refractivity contribution in [1.82, 2.24) is 0 Å². The molecule has 3 atom stereocenters. The number of hydrogen-bond acceptors (Lipinski definition) is 7. The Kier molecular flexibility index (Phi) is 10.9. The standard InChI is InChI=1S/C19H37O8P/c1-9-14(3)16(20)24-11-15(12-26-28(22,23)25-10-2)27-17(21)19(7,8)13-18(4,5)6/h14-15H,9-13H2,1-8H3,(H,22,23). The third-order valence-electron chi connectivity index (χ3n) is 3.94. The molecule has 0 bridgehead atoms. The van der Waals surface area contributed by atoms with Crippen molar-refractivity contribution in [2.45, 2.75) is 74.3 Å². The zero-order chi connectivity index (χ0) is 22.2. The Hall–Kier alpha value is -0.950. The average Bonchev–Trinajstić information content (AvgIpc) is 2.53. The van der Waals surface area contributed by atoms with E-state index in [4.69, 9.17) is 14.0 Å². The maximum atomic E-state index is 12.7. The molecule has 0 aromatic heterocycles. The van der Waals surface area contributed by atoms with Gasteiger partial charge in [0.25, 0.3) is 0 Å². The Morgan fingerprint density at radius 3 is 2.07 bits per heavy atom. The van der Waals surface area contributed by atoms with Crippen LogP contribution in [0.15, 0.2) is 0 Å². The van der Waals surface area contributed by atoms with Gasteiger partial charge in [0, 0.05) is 0 Å². The Morgan fingerprint density at radius 1 is 1.04 bits per heavy atom. The Balaban J connectivity index is 5.12. The van der Waals surface area contributed by atoms with Crippen LogP contribution < -0.4 is 0 Å². The van der Waals surface area contributed by atoms with Crippen LogP contribution in [0.25, 0.3) is 0 Å². The summed E-state index contributed by atoms with van der Waals surface area (Å²) in [5.41, 5.74) is -0.895. The molecule has 28 heavy (non-hydrogen) atoms. The Bertz CT molecular complexity index is 553. The first-order valence-corrected chi connectivity index (χ1v) is 11.1. The van der Waals surface area contributed by atoms with Crippen LogP contribution in [0.4, 0.5) is 0 Å². The summed E-state index contributed by atoms with van der Waals surface area (Å²) in [4.78, 5) is 34.2. The number of hydrogen-bond donors (Lipinski definition) is 1. The molecule has 9 heteroatoms. The van der Waals surface area contributed by atoms with E-state index in [2.05, 4.69) is 4.52 Å². The molecule has 0 heterocycles. The molecule has 1 N–H and O–H groups in total. The van der Waals surface area contributed by atoms with Gasteiger partial charge in [0.1, 0.15) is 6.61 Å². The fourth-order valence-electron chi connectivity index (χ4n) is 2.69. The van der Waals surface area contributed by atoms with Crippen LogP contribution >= 0.6 is 7.82 Å². The van der Waals surface area contributed by atoms with Crippen LogP contribution in [0.1, 0.15) is 68.2 Å². The van der Waals surface area contributed by atoms with Gasteiger partial charge in [-0.25, -0.2) is 4.57 Å². The minimum Gasteiger partial charge on any atom is -0.461 e. The largest absolute Gasteiger partial charge is 0.472 e. The number of phosphoric acid groups is 1. The molecule has 0 radical (unpaired) electrons. The van der Waals surface area contributed by atoms with E-state index in [0.29, 0.717) is 12.8 Å². The highest BCUT2D eigenvalue weighted by Crippen LogP contribution is 2.43. The summed E-state index contributed by atoms with van der Waals surface area (Å²) < 4.78 is 31.9. The molecule has 0 aliphatic carbocycles. The maximum absolute atomic E-state index is 12.7. The Morgan fingerprint density at radius 2 is 1.61 bits per heavy atom. The van der Waals surface area contributed by atoms with Crippen molar-refractivity contribution in [1.29, 1.82) is 0 Å². The topological polar surface area (TPSA) is 108 Å². The number of carbonyl (C=O) groups excluding carboxylic acids is 2. The van der Waals surface area contributed by atoms with Crippen molar-refractivity contribution in [2.75, 3.05) is 19.8 Å². The highest BCUT2D eigenvalue weighted by molar-refractivity contribution is 7.47. The van der Waals surface area contributed by atoms with Crippen molar-refractivity contribution in [3.63, 3.8) is 0 Å². The molecular weight excluding hydrogens is 387 g/mol. The van der Waals surface area contributed by atoms with Crippen LogP contribution in [-0.2, 0) is 32.7 Å². The zero-order valence-corrected chi connectivity index (χ0v) is 19.3. The van der Waals surface area contributed by atoms with Crippen molar-refractivity contribution in [2.24, 2.45) is 16.7 Å². The summed E-state index contributed by atoms with van der Waals surface area (Å²) >= 11 is 0. The molecule has 0 fully saturated rings. The highest BCUT2D eigenvalue weighted by atomic mass is 31.2. The van der Waals surface area contributed by atoms with E-state index in [0.717, 1.165) is 0 Å². The highest BCUT2D eigenvalue weighted by Gasteiger charge is 2.36. The monoisotopic (exact) mass is 424 g/mol. The molecule has 0 saturated carbocycles. The van der Waals surface area contributed by atoms with Gasteiger partial charge in [-0.2, -0.15) is 0 Å². The van der Waals surface area contributed by atoms with Gasteiger partial charge >= 0.3 is 19.8 Å². The van der Waals surface area contributed by atoms with E-state index < -0.39 is 37.9 Å². The van der Waals surface area contributed by atoms with Crippen LogP contribution in [0, 0.1) is 16.7 Å². The lowest BCUT2D eigenvalue weighted by atomic mass is 9.76. The summed E-state index contributed by atoms with van der Waals surface area (Å²) in [5.74, 6) is -1.24. The van der Waals surface area contributed by atoms with Gasteiger partial charge in [-0.05, 0) is 39.0 Å². The van der Waals surface area contributed by atoms with E-state index in [9.17, 15) is 19.0 Å². The predicted molar refractivity (Wildman–Crippen MR) is 106 cm³/mol. The first-order chi connectivity index (χ1) is 12.6. The number of ether oxygens (including phenoxy) is 2. The molecule has 0 aliphatic heterocycles. The smallest absolute Gasteiger partial charge is 0.461 e. The lowest BCUT2D eigenvalue weighted by Gasteiger charge is -2.32. The molecule has 166 valence electrons. The molecule has 0 spiro atoms. The number of rotatable bonds is 12. The summed E-state index contributed by atoms with van der Waals surface area (Å²) in [6.45, 7) is 14.0. The van der Waals surface area contributed by atoms with Crippen molar-refractivity contribution < 1.29 is 37.6 Å². The number of phosphoric ester groups is 1. The van der Waals surface area contributed by atoms with Gasteiger partial charge < -0.3 is 14.4 Å². The molecule has 3 unspecified atom stereocenters. The van der Waals surface area contributed by atoms with Gasteiger partial charge in [0.05, 0.1) is 24.5 Å². The number of esters is 2. The third kappa shape index (κ3) is 11.1. The molecule has 0 aliphatic rings. The van der Waals surface area contributed by atoms with E-state index in [-0.39, 0.29) is 24.5 Å². The van der Waals surface area contributed by atoms with E-state index in [1.807, 2.05) is 27.7 Å². The second-order valence-electron chi connectivity index (χ2n) is 8.77. The SMILES string of the molecule is CCOP(=O)(O)OCC(COC(=O)C(C)CC)OC(=O)C(C)(C)CC(C)(C)C. The summed E-state index contributed by atoms with van der Waals surface area (Å²) in [7, 11) is -4.27. The van der Waals surface area contributed by atoms with Crippen molar-refractivity contribution in [3.8, 4) is 0 Å². The molecular formula is C19H37O8P. The minimum atomic E-state index is -4.27. The number of carbonyl (C=O) groups is 2. The molecule has 0 aromatic rings. The maximum Gasteiger partial charge on any atom is 0.472 e. The molecule has 0 amide bonds. The minimum absolute atomic E-state index is 0.0140. The quantitative estimate of drug-likeness (QED) is 0.368. The van der Waals surface area contributed by atoms with Crippen LogP contribution in [0.3, 0.4) is 0 Å². The summed E-state index contributed by atoms with van der Waals surface area (Å²) in [6, 6.07) is 0. The molecule has 0 aromatic carbocycles. The van der Waals surface area contributed by atoms with Crippen molar-refractivity contribution in [3.05, 3.63) is 0 Å². The average molecular weight is 424 g/mol. The van der Waals surface area contributed by atoms with Gasteiger partial charge in [-0.3, -0.25) is 18.6 Å². The van der Waals surface area contributed by atoms with Crippen LogP contribution in [0.2, 0.25) is 0 Å². The second kappa shape index (κ2) is 11.3. The van der Waals surface area contributed by atoms with E-state index in [1.54, 1.807) is 27.7 Å². The molecule has 8 nitrogen and oxygen atoms in total. The fourth-order valence-corrected chi connectivity index (χ4v) is 3.44. The molecule has 0 rings (SSSR count). The van der Waals surface area contributed by atoms with Gasteiger partial charge in [0.2, 0.25) is 0 Å². The molecule has 0 saturated heterocycles. The fraction of sp³-hybridized carbons (Fsp3) is 0.895. The van der Waals surface area contributed by atoms with Gasteiger partial charge in [-0.15, -0.1) is 0 Å².